The Kier molecular flexibility index (Phi) is 5.15. The Balaban J connectivity index is 1.62. The van der Waals surface area contributed by atoms with Crippen molar-refractivity contribution in [3.63, 3.8) is 0 Å². The number of hydrogen-bond donors (Lipinski definition) is 2. The zero-order valence-corrected chi connectivity index (χ0v) is 16.3. The standard InChI is InChI=1S/C19H18F4N6O2/c1-10(19(21,22)23)25-17(30)13-3-4-14-16(26-13)29(12-6-7-28(14)9-12)18(31)27-15-5-2-11(20)8-24-15/h2-5,8,10,12H,6-7,9H2,1H3,(H,25,30)(H,24,27,31)/t10?,12-/m0/s1. The highest BCUT2D eigenvalue weighted by atomic mass is 19.4. The van der Waals surface area contributed by atoms with Gasteiger partial charge in [0.05, 0.1) is 17.9 Å². The number of carbonyl (C=O) groups excluding carboxylic acids is 2. The Morgan fingerprint density at radius 1 is 1.23 bits per heavy atom. The molecule has 2 atom stereocenters. The van der Waals surface area contributed by atoms with Crippen LogP contribution in [0.5, 0.6) is 0 Å². The third-order valence-corrected chi connectivity index (χ3v) is 5.20. The molecule has 1 fully saturated rings. The Bertz CT molecular complexity index is 1010. The van der Waals surface area contributed by atoms with Gasteiger partial charge in [0.25, 0.3) is 5.91 Å². The number of aromatic nitrogens is 2. The molecular weight excluding hydrogens is 420 g/mol. The van der Waals surface area contributed by atoms with Crippen LogP contribution in [0.1, 0.15) is 23.8 Å². The quantitative estimate of drug-likeness (QED) is 0.720. The summed E-state index contributed by atoms with van der Waals surface area (Å²) in [5.74, 6) is -1.26. The van der Waals surface area contributed by atoms with E-state index in [1.807, 2.05) is 10.2 Å². The molecule has 2 aromatic rings. The van der Waals surface area contributed by atoms with Crippen LogP contribution in [0.4, 0.5) is 39.7 Å². The van der Waals surface area contributed by atoms with Crippen LogP contribution in [-0.4, -0.2) is 53.3 Å². The average Bonchev–Trinajstić information content (AvgIpc) is 3.13. The summed E-state index contributed by atoms with van der Waals surface area (Å²) in [5.41, 5.74) is 0.353. The van der Waals surface area contributed by atoms with E-state index >= 15 is 0 Å². The maximum Gasteiger partial charge on any atom is 0.408 e. The first kappa shape index (κ1) is 20.8. The van der Waals surface area contributed by atoms with Gasteiger partial charge in [-0.25, -0.2) is 19.2 Å². The van der Waals surface area contributed by atoms with E-state index in [1.165, 1.54) is 17.0 Å². The zero-order valence-electron chi connectivity index (χ0n) is 16.3. The van der Waals surface area contributed by atoms with Crippen LogP contribution in [0.2, 0.25) is 0 Å². The third kappa shape index (κ3) is 4.09. The number of nitrogens with one attached hydrogen (secondary N) is 2. The van der Waals surface area contributed by atoms with E-state index in [4.69, 9.17) is 0 Å². The molecule has 0 saturated carbocycles. The minimum absolute atomic E-state index is 0.126. The van der Waals surface area contributed by atoms with Crippen molar-refractivity contribution in [3.8, 4) is 0 Å². The molecule has 0 aliphatic carbocycles. The van der Waals surface area contributed by atoms with Gasteiger partial charge in [0.1, 0.15) is 23.4 Å². The molecule has 0 aromatic carbocycles. The van der Waals surface area contributed by atoms with Crippen molar-refractivity contribution in [3.05, 3.63) is 42.0 Å². The highest BCUT2D eigenvalue weighted by molar-refractivity contribution is 6.05. The highest BCUT2D eigenvalue weighted by Gasteiger charge is 2.41. The maximum atomic E-state index is 13.1. The summed E-state index contributed by atoms with van der Waals surface area (Å²) < 4.78 is 51.4. The van der Waals surface area contributed by atoms with Gasteiger partial charge >= 0.3 is 12.2 Å². The summed E-state index contributed by atoms with van der Waals surface area (Å²) >= 11 is 0. The largest absolute Gasteiger partial charge is 0.408 e. The minimum Gasteiger partial charge on any atom is -0.366 e. The van der Waals surface area contributed by atoms with Crippen LogP contribution < -0.4 is 20.4 Å². The average molecular weight is 438 g/mol. The number of urea groups is 1. The van der Waals surface area contributed by atoms with E-state index in [1.54, 1.807) is 6.07 Å². The second kappa shape index (κ2) is 7.67. The van der Waals surface area contributed by atoms with Crippen molar-refractivity contribution >= 4 is 29.3 Å². The number of alkyl halides is 3. The first-order chi connectivity index (χ1) is 14.6. The lowest BCUT2D eigenvalue weighted by Crippen LogP contribution is -2.49. The van der Waals surface area contributed by atoms with Crippen LogP contribution >= 0.6 is 0 Å². The lowest BCUT2D eigenvalue weighted by atomic mass is 10.1. The van der Waals surface area contributed by atoms with Crippen molar-refractivity contribution < 1.29 is 27.2 Å². The SMILES string of the molecule is CC(NC(=O)c1ccc2c(n1)N(C(=O)Nc1ccc(F)cn1)[C@H]1CCN2C1)C(F)(F)F. The third-order valence-electron chi connectivity index (χ3n) is 5.20. The molecule has 12 heteroatoms. The van der Waals surface area contributed by atoms with E-state index < -0.39 is 30.0 Å². The smallest absolute Gasteiger partial charge is 0.366 e. The number of halogens is 4. The van der Waals surface area contributed by atoms with E-state index in [0.717, 1.165) is 19.2 Å². The first-order valence-corrected chi connectivity index (χ1v) is 9.49. The molecule has 2 aliphatic heterocycles. The zero-order chi connectivity index (χ0) is 22.3. The molecule has 3 amide bonds. The summed E-state index contributed by atoms with van der Waals surface area (Å²) in [5, 5.41) is 4.43. The number of rotatable bonds is 3. The van der Waals surface area contributed by atoms with Crippen molar-refractivity contribution in [1.29, 1.82) is 0 Å². The normalized spacial score (nSPS) is 18.4. The Hall–Kier alpha value is -3.44. The second-order valence-electron chi connectivity index (χ2n) is 7.33. The van der Waals surface area contributed by atoms with Gasteiger partial charge in [0.2, 0.25) is 0 Å². The van der Waals surface area contributed by atoms with E-state index in [9.17, 15) is 27.2 Å². The number of anilines is 3. The number of hydrogen-bond acceptors (Lipinski definition) is 5. The molecule has 8 nitrogen and oxygen atoms in total. The van der Waals surface area contributed by atoms with Gasteiger partial charge in [0.15, 0.2) is 5.82 Å². The molecule has 0 spiro atoms. The molecular formula is C19H18F4N6O2. The van der Waals surface area contributed by atoms with Crippen molar-refractivity contribution in [2.45, 2.75) is 31.6 Å². The monoisotopic (exact) mass is 438 g/mol. The molecule has 4 heterocycles. The molecule has 2 N–H and O–H groups in total. The fourth-order valence-corrected chi connectivity index (χ4v) is 3.57. The highest BCUT2D eigenvalue weighted by Crippen LogP contribution is 2.39. The predicted molar refractivity (Wildman–Crippen MR) is 104 cm³/mol. The van der Waals surface area contributed by atoms with Crippen LogP contribution in [0.3, 0.4) is 0 Å². The van der Waals surface area contributed by atoms with E-state index in [2.05, 4.69) is 15.3 Å². The molecule has 4 rings (SSSR count). The topological polar surface area (TPSA) is 90.5 Å². The van der Waals surface area contributed by atoms with Crippen LogP contribution in [0.15, 0.2) is 30.5 Å². The predicted octanol–water partition coefficient (Wildman–Crippen LogP) is 2.93. The van der Waals surface area contributed by atoms with Crippen molar-refractivity contribution in [1.82, 2.24) is 15.3 Å². The molecule has 1 unspecified atom stereocenters. The Labute approximate surface area is 174 Å². The molecule has 164 valence electrons. The summed E-state index contributed by atoms with van der Waals surface area (Å²) in [6.07, 6.45) is -2.99. The second-order valence-corrected chi connectivity index (χ2v) is 7.33. The van der Waals surface area contributed by atoms with Gasteiger partial charge in [-0.1, -0.05) is 0 Å². The van der Waals surface area contributed by atoms with Gasteiger partial charge in [-0.3, -0.25) is 15.0 Å². The van der Waals surface area contributed by atoms with Gasteiger partial charge in [0, 0.05) is 13.1 Å². The minimum atomic E-state index is -4.59. The fraction of sp³-hybridized carbons (Fsp3) is 0.368. The lowest BCUT2D eigenvalue weighted by Gasteiger charge is -2.35. The van der Waals surface area contributed by atoms with Crippen molar-refractivity contribution in [2.75, 3.05) is 28.2 Å². The number of nitrogens with zero attached hydrogens (tertiary/aromatic N) is 4. The van der Waals surface area contributed by atoms with Gasteiger partial charge in [-0.2, -0.15) is 13.2 Å². The number of carbonyl (C=O) groups is 2. The fourth-order valence-electron chi connectivity index (χ4n) is 3.57. The molecule has 31 heavy (non-hydrogen) atoms. The van der Waals surface area contributed by atoms with Crippen LogP contribution in [0, 0.1) is 5.82 Å². The number of amides is 3. The lowest BCUT2D eigenvalue weighted by molar-refractivity contribution is -0.149. The molecule has 2 aliphatic rings. The van der Waals surface area contributed by atoms with E-state index in [-0.39, 0.29) is 23.4 Å². The van der Waals surface area contributed by atoms with E-state index in [0.29, 0.717) is 25.2 Å². The summed E-state index contributed by atoms with van der Waals surface area (Å²) in [6, 6.07) is 2.46. The molecule has 2 bridgehead atoms. The molecule has 0 radical (unpaired) electrons. The maximum absolute atomic E-state index is 13.1. The molecule has 1 saturated heterocycles. The Morgan fingerprint density at radius 3 is 2.68 bits per heavy atom. The Morgan fingerprint density at radius 2 is 2.00 bits per heavy atom. The number of fused-ring (bicyclic) bond motifs is 4. The summed E-state index contributed by atoms with van der Waals surface area (Å²) in [7, 11) is 0. The summed E-state index contributed by atoms with van der Waals surface area (Å²) in [4.78, 5) is 36.7. The van der Waals surface area contributed by atoms with Crippen LogP contribution in [-0.2, 0) is 0 Å². The number of pyridine rings is 2. The van der Waals surface area contributed by atoms with Crippen molar-refractivity contribution in [2.24, 2.45) is 0 Å². The molecule has 2 aromatic heterocycles. The van der Waals surface area contributed by atoms with Gasteiger partial charge < -0.3 is 10.2 Å². The van der Waals surface area contributed by atoms with Crippen LogP contribution in [0.25, 0.3) is 0 Å². The van der Waals surface area contributed by atoms with Gasteiger partial charge in [-0.05, 0) is 37.6 Å². The first-order valence-electron chi connectivity index (χ1n) is 9.49. The summed E-state index contributed by atoms with van der Waals surface area (Å²) in [6.45, 7) is 2.04. The van der Waals surface area contributed by atoms with Gasteiger partial charge in [-0.15, -0.1) is 0 Å².